The van der Waals surface area contributed by atoms with Crippen molar-refractivity contribution in [2.45, 2.75) is 134 Å². The number of thiazole rings is 1. The number of carbonyl (C=O) groups excluding carboxylic acids is 3. The van der Waals surface area contributed by atoms with E-state index in [0.29, 0.717) is 86.1 Å². The molecule has 13 rings (SSSR count). The number of hydrogen-bond donors (Lipinski definition) is 4. The van der Waals surface area contributed by atoms with Crippen LogP contribution in [-0.2, 0) is 20.7 Å². The number of aromatic nitrogens is 5. The molecule has 4 aromatic heterocycles. The second-order valence-corrected chi connectivity index (χ2v) is 25.7. The molecule has 452 valence electrons. The first-order valence-corrected chi connectivity index (χ1v) is 31.4. The van der Waals surface area contributed by atoms with Gasteiger partial charge in [-0.15, -0.1) is 11.3 Å². The van der Waals surface area contributed by atoms with Gasteiger partial charge in [-0.05, 0) is 111 Å². The van der Waals surface area contributed by atoms with Crippen LogP contribution in [0.1, 0.15) is 107 Å². The molecular weight excluding hydrogens is 1120 g/mol. The topological polar surface area (TPSA) is 228 Å². The maximum atomic E-state index is 17.4. The zero-order valence-corrected chi connectivity index (χ0v) is 50.2. The van der Waals surface area contributed by atoms with Crippen LogP contribution in [0.2, 0.25) is 0 Å². The number of aliphatic hydroxyl groups is 1. The zero-order valence-electron chi connectivity index (χ0n) is 49.4. The number of rotatable bonds is 16. The van der Waals surface area contributed by atoms with E-state index in [1.54, 1.807) is 40.6 Å². The molecule has 6 aliphatic heterocycles. The summed E-state index contributed by atoms with van der Waals surface area (Å²) in [6.45, 7) is 14.3. The number of hydrogen-bond acceptors (Lipinski definition) is 18. The van der Waals surface area contributed by atoms with Crippen LogP contribution >= 0.6 is 11.3 Å². The van der Waals surface area contributed by atoms with Crippen molar-refractivity contribution in [2.24, 2.45) is 5.92 Å². The Kier molecular flexibility index (Phi) is 15.8. The zero-order chi connectivity index (χ0) is 59.5. The average Bonchev–Trinajstić information content (AvgIpc) is 1.63. The Balaban J connectivity index is 0.634. The fourth-order valence-corrected chi connectivity index (χ4v) is 15.3. The van der Waals surface area contributed by atoms with Crippen LogP contribution in [-0.4, -0.2) is 169 Å². The number of phenolic OH excluding ortho intramolecular Hbond substituents is 1. The first kappa shape index (κ1) is 57.5. The van der Waals surface area contributed by atoms with Crippen molar-refractivity contribution in [1.82, 2.24) is 50.4 Å². The molecule has 10 heterocycles. The quantitative estimate of drug-likeness (QED) is 0.0711. The number of anilines is 2. The molecule has 8 atom stereocenters. The number of likely N-dealkylation sites (tertiary alicyclic amines) is 1. The summed E-state index contributed by atoms with van der Waals surface area (Å²) in [5.74, 6) is -0.688. The first-order valence-electron chi connectivity index (χ1n) is 30.6. The molecule has 0 saturated carbocycles. The lowest BCUT2D eigenvalue weighted by atomic mass is 9.91. The van der Waals surface area contributed by atoms with E-state index in [4.69, 9.17) is 28.9 Å². The van der Waals surface area contributed by atoms with Crippen LogP contribution in [0.3, 0.4) is 0 Å². The number of carbonyl (C=O) groups is 3. The van der Waals surface area contributed by atoms with Crippen LogP contribution in [0.25, 0.3) is 43.4 Å². The summed E-state index contributed by atoms with van der Waals surface area (Å²) in [5.41, 5.74) is 6.16. The number of amides is 3. The van der Waals surface area contributed by atoms with Crippen LogP contribution < -0.4 is 25.2 Å². The maximum Gasteiger partial charge on any atom is 0.409 e. The van der Waals surface area contributed by atoms with Gasteiger partial charge in [-0.1, -0.05) is 68.4 Å². The number of aliphatic hydroxyl groups excluding tert-OH is 1. The highest BCUT2D eigenvalue weighted by Crippen LogP contribution is 2.44. The number of nitrogens with one attached hydrogen (secondary N) is 2. The molecule has 86 heavy (non-hydrogen) atoms. The van der Waals surface area contributed by atoms with E-state index in [0.717, 1.165) is 83.1 Å². The van der Waals surface area contributed by atoms with Gasteiger partial charge in [-0.3, -0.25) is 19.5 Å². The van der Waals surface area contributed by atoms with Crippen LogP contribution in [0.5, 0.6) is 11.8 Å². The maximum absolute atomic E-state index is 17.4. The molecule has 0 radical (unpaired) electrons. The van der Waals surface area contributed by atoms with Crippen LogP contribution in [0.15, 0.2) is 76.9 Å². The number of piperazine rings is 2. The molecular formula is C64H75FN12O8S. The minimum atomic E-state index is -0.865. The van der Waals surface area contributed by atoms with Crippen molar-refractivity contribution in [3.05, 3.63) is 101 Å². The van der Waals surface area contributed by atoms with Gasteiger partial charge < -0.3 is 54.4 Å². The summed E-state index contributed by atoms with van der Waals surface area (Å²) in [7, 11) is 0. The summed E-state index contributed by atoms with van der Waals surface area (Å²) < 4.78 is 36.0. The third-order valence-corrected chi connectivity index (χ3v) is 20.0. The Morgan fingerprint density at radius 1 is 0.942 bits per heavy atom. The predicted octanol–water partition coefficient (Wildman–Crippen LogP) is 8.53. The van der Waals surface area contributed by atoms with Crippen molar-refractivity contribution < 1.29 is 43.0 Å². The lowest BCUT2D eigenvalue weighted by molar-refractivity contribution is -0.141. The average molecular weight is 1190 g/mol. The summed E-state index contributed by atoms with van der Waals surface area (Å²) in [4.78, 5) is 72.0. The van der Waals surface area contributed by atoms with E-state index in [1.807, 2.05) is 80.6 Å². The number of aromatic hydroxyl groups is 1. The van der Waals surface area contributed by atoms with Crippen molar-refractivity contribution >= 4 is 62.6 Å². The van der Waals surface area contributed by atoms with Crippen LogP contribution in [0.4, 0.5) is 20.8 Å². The molecule has 6 saturated heterocycles. The molecule has 4 N–H and O–H groups in total. The predicted molar refractivity (Wildman–Crippen MR) is 325 cm³/mol. The van der Waals surface area contributed by atoms with E-state index in [-0.39, 0.29) is 90.6 Å². The van der Waals surface area contributed by atoms with Gasteiger partial charge in [0, 0.05) is 88.2 Å². The van der Waals surface area contributed by atoms with Gasteiger partial charge in [0.15, 0.2) is 17.4 Å². The van der Waals surface area contributed by atoms with Crippen molar-refractivity contribution in [3.8, 4) is 33.5 Å². The van der Waals surface area contributed by atoms with Gasteiger partial charge in [0.25, 0.3) is 0 Å². The largest absolute Gasteiger partial charge is 0.508 e. The molecule has 7 aromatic rings. The minimum Gasteiger partial charge on any atom is -0.508 e. The smallest absolute Gasteiger partial charge is 0.409 e. The summed E-state index contributed by atoms with van der Waals surface area (Å²) in [6, 6.07) is 18.4. The second-order valence-electron chi connectivity index (χ2n) is 24.8. The summed E-state index contributed by atoms with van der Waals surface area (Å²) in [5, 5.41) is 35.0. The van der Waals surface area contributed by atoms with Gasteiger partial charge in [0.05, 0.1) is 39.2 Å². The van der Waals surface area contributed by atoms with Crippen LogP contribution in [0, 0.1) is 18.7 Å². The molecule has 6 aliphatic rings. The van der Waals surface area contributed by atoms with Gasteiger partial charge in [0.2, 0.25) is 11.8 Å². The highest BCUT2D eigenvalue weighted by atomic mass is 32.1. The third kappa shape index (κ3) is 10.9. The minimum absolute atomic E-state index is 0.0169. The molecule has 6 fully saturated rings. The van der Waals surface area contributed by atoms with E-state index >= 15 is 4.39 Å². The number of pyridine rings is 1. The number of phenols is 1. The molecule has 0 aliphatic carbocycles. The molecule has 20 nitrogen and oxygen atoms in total. The highest BCUT2D eigenvalue weighted by molar-refractivity contribution is 7.13. The first-order chi connectivity index (χ1) is 41.6. The standard InChI is InChI=1S/C64H75FN12O8S/c1-6-39-9-7-10-42-25-46(78)26-48(54(39)42)56-55(65)57-49(29-66-56)59(75-30-43-15-16-44(31-75)69-43)71-62(70-57)84-34-64-18-8-20-77(64)45(17-19-64)33-83-63(82)74-23-21-73(22-24-74)52-28-51(85-72-52)53(36(2)3)61(81)76-32-47(79)27-50(76)60(80)68-37(4)40-11-13-41(14-12-40)58-38(5)67-35-86-58/h7,9-14,25-26,28-29,35-37,43-45,47,50,53,69,78-79H,6,8,15-24,27,30-34H2,1-5H3,(H,68,80)/t37-,43?,44?,45+,47+,50-,53+,64-/m0/s1. The van der Waals surface area contributed by atoms with Crippen molar-refractivity contribution in [1.29, 1.82) is 0 Å². The Morgan fingerprint density at radius 3 is 2.48 bits per heavy atom. The SMILES string of the molecule is CCc1cccc2cc(O)cc(-c3ncc4c(N5CC6CCC(C5)N6)nc(OC[C@@]56CCCN5[C@@H](COC(=O)N5CCN(c7cc([C@H](C(=O)N8C[C@H](O)C[C@H]8C(=O)N[C@@H](C)c8ccc(-c9scnc9C)cc8)C(C)C)on7)CC5)CC6)nc4c3F)c12. The number of benzene rings is 3. The van der Waals surface area contributed by atoms with Gasteiger partial charge >= 0.3 is 12.1 Å². The van der Waals surface area contributed by atoms with Crippen molar-refractivity contribution in [2.75, 3.05) is 75.4 Å². The fourth-order valence-electron chi connectivity index (χ4n) is 14.5. The van der Waals surface area contributed by atoms with Crippen molar-refractivity contribution in [3.63, 3.8) is 0 Å². The Morgan fingerprint density at radius 2 is 1.73 bits per heavy atom. The third-order valence-electron chi connectivity index (χ3n) is 19.0. The number of fused-ring (bicyclic) bond motifs is 5. The normalized spacial score (nSPS) is 23.8. The fraction of sp³-hybridized carbons (Fsp3) is 0.500. The monoisotopic (exact) mass is 1190 g/mol. The molecule has 3 aromatic carbocycles. The number of halogens is 1. The second kappa shape index (κ2) is 23.6. The summed E-state index contributed by atoms with van der Waals surface area (Å²) >= 11 is 1.58. The van der Waals surface area contributed by atoms with E-state index in [2.05, 4.69) is 37.5 Å². The highest BCUT2D eigenvalue weighted by Gasteiger charge is 2.51. The number of ether oxygens (including phenoxy) is 2. The summed E-state index contributed by atoms with van der Waals surface area (Å²) in [6.07, 6.45) is 6.84. The molecule has 2 bridgehead atoms. The lowest BCUT2D eigenvalue weighted by Gasteiger charge is -2.36. The molecule has 22 heteroatoms. The number of nitrogens with zero attached hydrogens (tertiary/aromatic N) is 10. The van der Waals surface area contributed by atoms with E-state index in [9.17, 15) is 24.6 Å². The van der Waals surface area contributed by atoms with Gasteiger partial charge in [-0.25, -0.2) is 14.2 Å². The Labute approximate surface area is 503 Å². The van der Waals surface area contributed by atoms with Gasteiger partial charge in [0.1, 0.15) is 48.0 Å². The molecule has 2 unspecified atom stereocenters. The Bertz CT molecular complexity index is 3680. The molecule has 3 amide bonds. The Hall–Kier alpha value is -7.53. The van der Waals surface area contributed by atoms with Gasteiger partial charge in [-0.2, -0.15) is 9.97 Å². The number of aryl methyl sites for hydroxylation is 2. The molecule has 0 spiro atoms. The number of β-amino-alcohol motifs (C(OH)–C–C–N with tert-alkyl or cyclic N) is 1. The van der Waals surface area contributed by atoms with E-state index in [1.165, 1.54) is 4.90 Å². The van der Waals surface area contributed by atoms with E-state index < -0.39 is 23.9 Å². The lowest BCUT2D eigenvalue weighted by Crippen LogP contribution is -2.51.